The summed E-state index contributed by atoms with van der Waals surface area (Å²) in [6.45, 7) is 1.80. The van der Waals surface area contributed by atoms with Crippen LogP contribution >= 0.6 is 34.5 Å². The van der Waals surface area contributed by atoms with E-state index in [2.05, 4.69) is 4.98 Å². The van der Waals surface area contributed by atoms with E-state index in [1.165, 1.54) is 22.4 Å². The van der Waals surface area contributed by atoms with Crippen molar-refractivity contribution in [2.45, 2.75) is 13.5 Å². The fourth-order valence-corrected chi connectivity index (χ4v) is 2.76. The van der Waals surface area contributed by atoms with Crippen LogP contribution in [0.25, 0.3) is 0 Å². The van der Waals surface area contributed by atoms with Crippen molar-refractivity contribution >= 4 is 46.4 Å². The molecule has 0 radical (unpaired) electrons. The van der Waals surface area contributed by atoms with Gasteiger partial charge in [-0.25, -0.2) is 9.78 Å². The van der Waals surface area contributed by atoms with Gasteiger partial charge in [-0.2, -0.15) is 0 Å². The largest absolute Gasteiger partial charge is 0.451 e. The summed E-state index contributed by atoms with van der Waals surface area (Å²) in [6, 6.07) is 5.15. The topological polar surface area (TPSA) is 59.5 Å². The maximum atomic E-state index is 12.0. The van der Waals surface area contributed by atoms with E-state index in [1.807, 2.05) is 0 Å². The molecule has 1 aromatic carbocycles. The summed E-state index contributed by atoms with van der Waals surface area (Å²) in [5.74, 6) is -0.863. The van der Waals surface area contributed by atoms with E-state index < -0.39 is 5.97 Å². The molecule has 2 rings (SSSR count). The number of carbonyl (C=O) groups is 2. The van der Waals surface area contributed by atoms with Crippen molar-refractivity contribution in [3.63, 3.8) is 0 Å². The minimum atomic E-state index is -0.549. The number of hydrogen-bond acceptors (Lipinski definition) is 5. The van der Waals surface area contributed by atoms with Crippen molar-refractivity contribution in [3.8, 4) is 0 Å². The minimum Gasteiger partial charge on any atom is -0.451 e. The van der Waals surface area contributed by atoms with Crippen LogP contribution in [0.1, 0.15) is 20.2 Å². The highest BCUT2D eigenvalue weighted by Crippen LogP contribution is 2.23. The number of ether oxygens (including phenoxy) is 1. The van der Waals surface area contributed by atoms with Crippen LogP contribution in [0, 0.1) is 6.92 Å². The molecule has 0 saturated carbocycles. The molecule has 0 spiro atoms. The number of aryl methyl sites for hydroxylation is 1. The van der Waals surface area contributed by atoms with Crippen molar-refractivity contribution in [1.82, 2.24) is 9.88 Å². The Bertz CT molecular complexity index is 733. The molecule has 8 heteroatoms. The smallest absolute Gasteiger partial charge is 0.350 e. The zero-order valence-electron chi connectivity index (χ0n) is 12.5. The van der Waals surface area contributed by atoms with Gasteiger partial charge in [0.05, 0.1) is 21.2 Å². The molecule has 0 unspecified atom stereocenters. The average molecular weight is 373 g/mol. The van der Waals surface area contributed by atoms with Gasteiger partial charge in [-0.15, -0.1) is 11.3 Å². The Morgan fingerprint density at radius 1 is 1.30 bits per heavy atom. The number of likely N-dealkylation sites (N-methyl/N-ethyl adjacent to an activating group) is 1. The second kappa shape index (κ2) is 7.77. The van der Waals surface area contributed by atoms with Crippen molar-refractivity contribution < 1.29 is 14.3 Å². The number of carbonyl (C=O) groups excluding carboxylic acids is 2. The molecule has 0 saturated heterocycles. The van der Waals surface area contributed by atoms with Crippen LogP contribution in [0.15, 0.2) is 24.4 Å². The van der Waals surface area contributed by atoms with Gasteiger partial charge < -0.3 is 9.64 Å². The van der Waals surface area contributed by atoms with Crippen LogP contribution in [0.3, 0.4) is 0 Å². The van der Waals surface area contributed by atoms with Crippen molar-refractivity contribution in [1.29, 1.82) is 0 Å². The Labute approximate surface area is 147 Å². The third-order valence-corrected chi connectivity index (χ3v) is 4.61. The molecule has 0 aliphatic heterocycles. The molecule has 0 atom stereocenters. The lowest BCUT2D eigenvalue weighted by atomic mass is 10.2. The van der Waals surface area contributed by atoms with Gasteiger partial charge in [0.2, 0.25) is 0 Å². The monoisotopic (exact) mass is 372 g/mol. The first-order valence-electron chi connectivity index (χ1n) is 6.64. The number of hydrogen-bond donors (Lipinski definition) is 0. The van der Waals surface area contributed by atoms with E-state index in [9.17, 15) is 9.59 Å². The van der Waals surface area contributed by atoms with E-state index in [-0.39, 0.29) is 12.5 Å². The summed E-state index contributed by atoms with van der Waals surface area (Å²) in [5, 5.41) is 1.65. The molecule has 0 fully saturated rings. The van der Waals surface area contributed by atoms with E-state index in [0.717, 1.165) is 10.6 Å². The number of rotatable bonds is 5. The number of nitrogens with zero attached hydrogens (tertiary/aromatic N) is 2. The highest BCUT2D eigenvalue weighted by molar-refractivity contribution is 7.13. The standard InChI is InChI=1S/C15H14Cl2N2O3S/c1-9-18-6-13(23-9)15(21)22-8-14(20)19(2)7-10-3-4-11(16)12(17)5-10/h3-6H,7-8H2,1-2H3. The lowest BCUT2D eigenvalue weighted by molar-refractivity contribution is -0.133. The summed E-state index contributed by atoms with van der Waals surface area (Å²) in [6.07, 6.45) is 1.44. The predicted octanol–water partition coefficient (Wildman–Crippen LogP) is 3.57. The SMILES string of the molecule is Cc1ncc(C(=O)OCC(=O)N(C)Cc2ccc(Cl)c(Cl)c2)s1. The maximum absolute atomic E-state index is 12.0. The lowest BCUT2D eigenvalue weighted by Crippen LogP contribution is -2.30. The molecule has 1 amide bonds. The average Bonchev–Trinajstić information content (AvgIpc) is 2.94. The maximum Gasteiger partial charge on any atom is 0.350 e. The van der Waals surface area contributed by atoms with Gasteiger partial charge >= 0.3 is 5.97 Å². The number of halogens is 2. The summed E-state index contributed by atoms with van der Waals surface area (Å²) < 4.78 is 5.00. The van der Waals surface area contributed by atoms with E-state index in [1.54, 1.807) is 32.2 Å². The highest BCUT2D eigenvalue weighted by atomic mass is 35.5. The van der Waals surface area contributed by atoms with E-state index in [4.69, 9.17) is 27.9 Å². The summed E-state index contributed by atoms with van der Waals surface area (Å²) in [7, 11) is 1.62. The number of thiazole rings is 1. The highest BCUT2D eigenvalue weighted by Gasteiger charge is 2.15. The van der Waals surface area contributed by atoms with Gasteiger partial charge in [-0.05, 0) is 24.6 Å². The molecule has 0 aliphatic carbocycles. The van der Waals surface area contributed by atoms with Crippen LogP contribution in [-0.4, -0.2) is 35.4 Å². The molecule has 122 valence electrons. The van der Waals surface area contributed by atoms with Crippen molar-refractivity contribution in [2.75, 3.05) is 13.7 Å². The summed E-state index contributed by atoms with van der Waals surface area (Å²) in [5.41, 5.74) is 0.833. The third-order valence-electron chi connectivity index (χ3n) is 2.98. The quantitative estimate of drug-likeness (QED) is 0.752. The summed E-state index contributed by atoms with van der Waals surface area (Å²) in [4.78, 5) is 29.6. The predicted molar refractivity (Wildman–Crippen MR) is 90.1 cm³/mol. The molecule has 1 heterocycles. The molecular weight excluding hydrogens is 359 g/mol. The number of benzene rings is 1. The molecular formula is C15H14Cl2N2O3S. The van der Waals surface area contributed by atoms with Crippen LogP contribution < -0.4 is 0 Å². The van der Waals surface area contributed by atoms with Gasteiger partial charge in [-0.1, -0.05) is 29.3 Å². The zero-order valence-corrected chi connectivity index (χ0v) is 14.8. The van der Waals surface area contributed by atoms with Crippen molar-refractivity contribution in [3.05, 3.63) is 49.9 Å². The second-order valence-electron chi connectivity index (χ2n) is 4.82. The molecule has 23 heavy (non-hydrogen) atoms. The molecule has 5 nitrogen and oxygen atoms in total. The lowest BCUT2D eigenvalue weighted by Gasteiger charge is -2.17. The molecule has 0 aliphatic rings. The van der Waals surface area contributed by atoms with Crippen LogP contribution in [0.2, 0.25) is 10.0 Å². The first-order chi connectivity index (χ1) is 10.9. The van der Waals surface area contributed by atoms with Gasteiger partial charge in [0.15, 0.2) is 6.61 Å². The Morgan fingerprint density at radius 3 is 2.65 bits per heavy atom. The Balaban J connectivity index is 1.87. The van der Waals surface area contributed by atoms with Crippen LogP contribution in [0.5, 0.6) is 0 Å². The number of esters is 1. The second-order valence-corrected chi connectivity index (χ2v) is 6.87. The van der Waals surface area contributed by atoms with Gasteiger partial charge in [0, 0.05) is 13.6 Å². The van der Waals surface area contributed by atoms with E-state index >= 15 is 0 Å². The summed E-state index contributed by atoms with van der Waals surface area (Å²) >= 11 is 13.0. The Hall–Kier alpha value is -1.63. The molecule has 2 aromatic rings. The van der Waals surface area contributed by atoms with Gasteiger partial charge in [0.1, 0.15) is 4.88 Å². The van der Waals surface area contributed by atoms with E-state index in [0.29, 0.717) is 21.5 Å². The third kappa shape index (κ3) is 4.92. The van der Waals surface area contributed by atoms with Crippen LogP contribution in [-0.2, 0) is 16.1 Å². The van der Waals surface area contributed by atoms with Gasteiger partial charge in [-0.3, -0.25) is 4.79 Å². The Morgan fingerprint density at radius 2 is 2.04 bits per heavy atom. The van der Waals surface area contributed by atoms with Crippen LogP contribution in [0.4, 0.5) is 0 Å². The minimum absolute atomic E-state index is 0.314. The molecule has 1 aromatic heterocycles. The number of amides is 1. The fraction of sp³-hybridized carbons (Fsp3) is 0.267. The fourth-order valence-electron chi connectivity index (χ4n) is 1.76. The number of aromatic nitrogens is 1. The Kier molecular flexibility index (Phi) is 5.98. The van der Waals surface area contributed by atoms with Crippen molar-refractivity contribution in [2.24, 2.45) is 0 Å². The first kappa shape index (κ1) is 17.7. The normalized spacial score (nSPS) is 10.4. The zero-order chi connectivity index (χ0) is 17.0. The molecule has 0 bridgehead atoms. The van der Waals surface area contributed by atoms with Gasteiger partial charge in [0.25, 0.3) is 5.91 Å². The molecule has 0 N–H and O–H groups in total. The first-order valence-corrected chi connectivity index (χ1v) is 8.21.